The number of ether oxygens (including phenoxy) is 4. The average molecular weight is 1450 g/mol. The Morgan fingerprint density at radius 3 is 1.07 bits per heavy atom. The summed E-state index contributed by atoms with van der Waals surface area (Å²) in [6.07, 6.45) is 89.7. The fourth-order valence-electron chi connectivity index (χ4n) is 13.0. The van der Waals surface area contributed by atoms with Crippen molar-refractivity contribution in [2.24, 2.45) is 0 Å². The lowest BCUT2D eigenvalue weighted by atomic mass is 9.97. The molecule has 0 aromatic heterocycles. The van der Waals surface area contributed by atoms with Crippen LogP contribution in [0.1, 0.15) is 328 Å². The fourth-order valence-corrected chi connectivity index (χ4v) is 13.0. The molecular formula is C89H153NO13. The van der Waals surface area contributed by atoms with Crippen LogP contribution in [0, 0.1) is 0 Å². The Labute approximate surface area is 628 Å². The number of nitrogens with one attached hydrogen (secondary N) is 1. The van der Waals surface area contributed by atoms with E-state index in [0.29, 0.717) is 12.8 Å². The monoisotopic (exact) mass is 1440 g/mol. The molecule has 0 radical (unpaired) electrons. The second-order valence-electron chi connectivity index (χ2n) is 28.9. The van der Waals surface area contributed by atoms with Gasteiger partial charge in [-0.15, -0.1) is 0 Å². The molecule has 14 heteroatoms. The summed E-state index contributed by atoms with van der Waals surface area (Å²) >= 11 is 0. The predicted octanol–water partition coefficient (Wildman–Crippen LogP) is 19.7. The van der Waals surface area contributed by atoms with Crippen LogP contribution in [0.15, 0.2) is 134 Å². The summed E-state index contributed by atoms with van der Waals surface area (Å²) in [5.41, 5.74) is 0. The SMILES string of the molecule is CC/C=C\C/C=C\C/C=C\C/C=C\C/C=C\C/C=C\C/C=C\C/C=C\CCCCCCCCCCCCCCCCCCC(=O)NC(COC1OC(CO)C(OC2OC(CO)C(O)C(O)C2O)C(O)C1O)C(O)/C=C/CC/C=C/CC/C=C/CCCCCCCCCCCCCCCCCCCC. The van der Waals surface area contributed by atoms with Gasteiger partial charge in [0.05, 0.1) is 32.0 Å². The summed E-state index contributed by atoms with van der Waals surface area (Å²) in [5.74, 6) is -0.254. The van der Waals surface area contributed by atoms with Gasteiger partial charge >= 0.3 is 0 Å². The Morgan fingerprint density at radius 1 is 0.359 bits per heavy atom. The van der Waals surface area contributed by atoms with Gasteiger partial charge in [-0.25, -0.2) is 0 Å². The summed E-state index contributed by atoms with van der Waals surface area (Å²) in [6.45, 7) is 2.69. The zero-order valence-electron chi connectivity index (χ0n) is 65.0. The Kier molecular flexibility index (Phi) is 65.7. The quantitative estimate of drug-likeness (QED) is 0.0204. The van der Waals surface area contributed by atoms with Crippen LogP contribution < -0.4 is 5.32 Å². The number of carbonyl (C=O) groups excluding carboxylic acids is 1. The lowest BCUT2D eigenvalue weighted by Gasteiger charge is -2.46. The molecule has 2 rings (SSSR count). The van der Waals surface area contributed by atoms with Crippen molar-refractivity contribution >= 4 is 5.91 Å². The topological polar surface area (TPSA) is 228 Å². The molecule has 9 N–H and O–H groups in total. The molecule has 0 saturated carbocycles. The van der Waals surface area contributed by atoms with Crippen molar-refractivity contribution in [1.82, 2.24) is 5.32 Å². The number of aliphatic hydroxyl groups excluding tert-OH is 8. The Bertz CT molecular complexity index is 2250. The molecule has 14 nitrogen and oxygen atoms in total. The maximum Gasteiger partial charge on any atom is 0.220 e. The van der Waals surface area contributed by atoms with Crippen LogP contribution in [0.2, 0.25) is 0 Å². The molecule has 12 atom stereocenters. The lowest BCUT2D eigenvalue weighted by Crippen LogP contribution is -2.65. The summed E-state index contributed by atoms with van der Waals surface area (Å²) < 4.78 is 22.9. The standard InChI is InChI=1S/C89H153NO13/c1-3-5-7-9-11-13-15-17-19-21-23-25-27-29-31-33-34-35-36-37-38-39-40-41-42-43-44-45-47-49-51-53-55-57-59-61-63-65-67-69-71-73-81(94)90-77(76-100-88-86(99)84(97)87(80(75-92)102-88)103-89-85(98)83(96)82(95)79(74-91)101-89)78(93)72-70-68-66-64-62-60-58-56-54-52-50-48-46-32-30-28-26-24-22-20-18-16-14-12-10-8-6-4-2/h5,7,11,13,17,19,23,25,29,31,34-35,37-38,40-41,54,56,62,64,70,72,77-80,82-89,91-93,95-99H,3-4,6,8-10,12,14-16,18,20-22,24,26-28,30,32-33,36,39,42-53,55,57-61,63,65-69,71,73-76H2,1-2H3,(H,90,94)/b7-5-,13-11-,19-17-,25-23-,31-29-,35-34-,38-37-,41-40-,56-54+,64-62+,72-70+. The van der Waals surface area contributed by atoms with Crippen LogP contribution in [0.3, 0.4) is 0 Å². The van der Waals surface area contributed by atoms with Crippen LogP contribution in [-0.4, -0.2) is 140 Å². The number of hydrogen-bond acceptors (Lipinski definition) is 13. The van der Waals surface area contributed by atoms with Gasteiger partial charge in [-0.3, -0.25) is 4.79 Å². The maximum atomic E-state index is 13.4. The smallest absolute Gasteiger partial charge is 0.220 e. The third kappa shape index (κ3) is 53.6. The van der Waals surface area contributed by atoms with E-state index in [1.165, 1.54) is 199 Å². The molecule has 2 heterocycles. The summed E-state index contributed by atoms with van der Waals surface area (Å²) in [4.78, 5) is 13.4. The summed E-state index contributed by atoms with van der Waals surface area (Å²) in [6, 6.07) is -0.947. The molecule has 592 valence electrons. The number of unbranched alkanes of at least 4 members (excludes halogenated alkanes) is 36. The first-order valence-corrected chi connectivity index (χ1v) is 41.9. The second kappa shape index (κ2) is 71.1. The Balaban J connectivity index is 1.61. The predicted molar refractivity (Wildman–Crippen MR) is 428 cm³/mol. The highest BCUT2D eigenvalue weighted by Crippen LogP contribution is 2.30. The van der Waals surface area contributed by atoms with Gasteiger partial charge in [0, 0.05) is 6.42 Å². The van der Waals surface area contributed by atoms with E-state index in [0.717, 1.165) is 96.3 Å². The molecule has 0 aliphatic carbocycles. The molecule has 103 heavy (non-hydrogen) atoms. The highest BCUT2D eigenvalue weighted by atomic mass is 16.7. The van der Waals surface area contributed by atoms with Crippen LogP contribution in [0.5, 0.6) is 0 Å². The van der Waals surface area contributed by atoms with Crippen molar-refractivity contribution < 1.29 is 64.6 Å². The molecule has 2 fully saturated rings. The number of carbonyl (C=O) groups is 1. The number of aliphatic hydroxyl groups is 8. The second-order valence-corrected chi connectivity index (χ2v) is 28.9. The van der Waals surface area contributed by atoms with Gasteiger partial charge < -0.3 is 65.1 Å². The van der Waals surface area contributed by atoms with Gasteiger partial charge in [0.2, 0.25) is 5.91 Å². The van der Waals surface area contributed by atoms with E-state index in [4.69, 9.17) is 18.9 Å². The molecule has 2 saturated heterocycles. The third-order valence-electron chi connectivity index (χ3n) is 19.5. The molecule has 1 amide bonds. The molecule has 12 unspecified atom stereocenters. The molecule has 0 aromatic rings. The van der Waals surface area contributed by atoms with Crippen LogP contribution in [0.4, 0.5) is 0 Å². The summed E-state index contributed by atoms with van der Waals surface area (Å²) in [5, 5.41) is 87.7. The molecule has 0 spiro atoms. The van der Waals surface area contributed by atoms with E-state index >= 15 is 0 Å². The van der Waals surface area contributed by atoms with Crippen LogP contribution in [0.25, 0.3) is 0 Å². The molecular weight excluding hydrogens is 1290 g/mol. The molecule has 0 bridgehead atoms. The number of amides is 1. The lowest BCUT2D eigenvalue weighted by molar-refractivity contribution is -0.359. The van der Waals surface area contributed by atoms with E-state index in [2.05, 4.69) is 141 Å². The van der Waals surface area contributed by atoms with E-state index in [9.17, 15) is 45.6 Å². The van der Waals surface area contributed by atoms with Crippen molar-refractivity contribution in [1.29, 1.82) is 0 Å². The first-order chi connectivity index (χ1) is 50.6. The average Bonchev–Trinajstić information content (AvgIpc) is 0.791. The van der Waals surface area contributed by atoms with Crippen molar-refractivity contribution in [2.75, 3.05) is 19.8 Å². The van der Waals surface area contributed by atoms with Crippen LogP contribution >= 0.6 is 0 Å². The van der Waals surface area contributed by atoms with E-state index in [1.54, 1.807) is 6.08 Å². The van der Waals surface area contributed by atoms with Gasteiger partial charge in [-0.2, -0.15) is 0 Å². The zero-order valence-corrected chi connectivity index (χ0v) is 65.0. The van der Waals surface area contributed by atoms with Gasteiger partial charge in [-0.1, -0.05) is 347 Å². The minimum atomic E-state index is -1.80. The number of allylic oxidation sites excluding steroid dienone is 21. The normalized spacial score (nSPS) is 22.3. The minimum absolute atomic E-state index is 0.254. The van der Waals surface area contributed by atoms with Crippen molar-refractivity contribution in [2.45, 2.75) is 402 Å². The van der Waals surface area contributed by atoms with Gasteiger partial charge in [-0.05, 0) is 109 Å². The first kappa shape index (κ1) is 95.2. The van der Waals surface area contributed by atoms with E-state index in [1.807, 2.05) is 6.08 Å². The largest absolute Gasteiger partial charge is 0.394 e. The fraction of sp³-hybridized carbons (Fsp3) is 0.742. The highest BCUT2D eigenvalue weighted by Gasteiger charge is 2.51. The number of rotatable bonds is 69. The van der Waals surface area contributed by atoms with Gasteiger partial charge in [0.25, 0.3) is 0 Å². The van der Waals surface area contributed by atoms with Crippen molar-refractivity contribution in [3.8, 4) is 0 Å². The Hall–Kier alpha value is -3.87. The van der Waals surface area contributed by atoms with Crippen LogP contribution in [-0.2, 0) is 23.7 Å². The molecule has 2 aliphatic heterocycles. The van der Waals surface area contributed by atoms with Crippen molar-refractivity contribution in [3.05, 3.63) is 134 Å². The van der Waals surface area contributed by atoms with Gasteiger partial charge in [0.15, 0.2) is 12.6 Å². The molecule has 0 aromatic carbocycles. The zero-order chi connectivity index (χ0) is 74.4. The van der Waals surface area contributed by atoms with E-state index < -0.39 is 86.8 Å². The summed E-state index contributed by atoms with van der Waals surface area (Å²) in [7, 11) is 0. The maximum absolute atomic E-state index is 13.4. The highest BCUT2D eigenvalue weighted by molar-refractivity contribution is 5.76. The minimum Gasteiger partial charge on any atom is -0.394 e. The first-order valence-electron chi connectivity index (χ1n) is 41.9. The van der Waals surface area contributed by atoms with Crippen molar-refractivity contribution in [3.63, 3.8) is 0 Å². The molecule has 2 aliphatic rings. The van der Waals surface area contributed by atoms with E-state index in [-0.39, 0.29) is 18.9 Å². The third-order valence-corrected chi connectivity index (χ3v) is 19.5. The van der Waals surface area contributed by atoms with Gasteiger partial charge in [0.1, 0.15) is 48.8 Å². The Morgan fingerprint density at radius 2 is 0.680 bits per heavy atom. The number of hydrogen-bond donors (Lipinski definition) is 9.